The summed E-state index contributed by atoms with van der Waals surface area (Å²) in [4.78, 5) is 24.0. The number of benzene rings is 3. The quantitative estimate of drug-likeness (QED) is 0.0423. The maximum Gasteiger partial charge on any atom is 0.333 e. The van der Waals surface area contributed by atoms with Crippen LogP contribution in [0.25, 0.3) is 0 Å². The summed E-state index contributed by atoms with van der Waals surface area (Å²) in [5.41, 5.74) is 5.04. The van der Waals surface area contributed by atoms with E-state index in [9.17, 15) is 20.2 Å². The second kappa shape index (κ2) is 15.5. The Morgan fingerprint density at radius 3 is 2.26 bits per heavy atom. The summed E-state index contributed by atoms with van der Waals surface area (Å²) in [6.45, 7) is 8.49. The van der Waals surface area contributed by atoms with Gasteiger partial charge >= 0.3 is 5.97 Å². The first-order valence-electron chi connectivity index (χ1n) is 13.5. The number of carbonyl (C=O) groups excluding carboxylic acids is 1. The Labute approximate surface area is 246 Å². The third-order valence-electron chi connectivity index (χ3n) is 6.42. The molecule has 0 heterocycles. The molecule has 3 aromatic rings. The highest BCUT2D eigenvalue weighted by Crippen LogP contribution is 2.24. The summed E-state index contributed by atoms with van der Waals surface area (Å²) >= 11 is 0. The molecule has 0 aliphatic carbocycles. The molecular weight excluding hydrogens is 530 g/mol. The molecule has 0 spiro atoms. The lowest BCUT2D eigenvalue weighted by Gasteiger charge is -2.19. The van der Waals surface area contributed by atoms with Crippen molar-refractivity contribution < 1.29 is 14.5 Å². The largest absolute Gasteiger partial charge is 0.462 e. The van der Waals surface area contributed by atoms with E-state index in [2.05, 4.69) is 40.6 Å². The number of azo groups is 1. The molecule has 3 rings (SSSR count). The van der Waals surface area contributed by atoms with Crippen molar-refractivity contribution in [2.24, 2.45) is 10.2 Å². The van der Waals surface area contributed by atoms with Crippen LogP contribution in [-0.2, 0) is 9.53 Å². The third-order valence-corrected chi connectivity index (χ3v) is 6.42. The van der Waals surface area contributed by atoms with Gasteiger partial charge < -0.3 is 9.64 Å². The van der Waals surface area contributed by atoms with Crippen molar-refractivity contribution in [2.75, 3.05) is 25.1 Å². The third kappa shape index (κ3) is 9.42. The van der Waals surface area contributed by atoms with Crippen molar-refractivity contribution in [1.29, 1.82) is 5.26 Å². The molecule has 0 aliphatic heterocycles. The molecule has 0 N–H and O–H groups in total. The fourth-order valence-corrected chi connectivity index (χ4v) is 3.94. The number of carbonyl (C=O) groups is 1. The minimum atomic E-state index is -0.539. The standard InChI is InChI=1S/C33H33N5O4/c1-24(2)33(39)42-20-8-6-5-7-19-37(4)31-17-14-29(15-18-31)35-36-30-13-11-26(25(3)21-30)9-10-27-12-16-32(38(40)41)22-28(27)23-34/h11-18,21-22H,1,5-8,19-20H2,2-4H3. The number of rotatable bonds is 12. The number of nitriles is 1. The molecular formula is C33H33N5O4. The molecule has 0 amide bonds. The predicted octanol–water partition coefficient (Wildman–Crippen LogP) is 7.71. The zero-order chi connectivity index (χ0) is 30.5. The summed E-state index contributed by atoms with van der Waals surface area (Å²) in [6, 6.07) is 19.4. The molecule has 214 valence electrons. The normalized spacial score (nSPS) is 10.4. The molecule has 0 unspecified atom stereocenters. The van der Waals surface area contributed by atoms with E-state index in [1.54, 1.807) is 6.92 Å². The number of hydrogen-bond donors (Lipinski definition) is 0. The minimum absolute atomic E-state index is 0.145. The molecule has 0 fully saturated rings. The van der Waals surface area contributed by atoms with Gasteiger partial charge in [0.15, 0.2) is 0 Å². The number of hydrogen-bond acceptors (Lipinski definition) is 8. The average molecular weight is 564 g/mol. The number of unbranched alkanes of at least 4 members (excludes halogenated alkanes) is 3. The second-order valence-electron chi connectivity index (χ2n) is 9.82. The first-order chi connectivity index (χ1) is 20.2. The Kier molecular flexibility index (Phi) is 11.5. The maximum absolute atomic E-state index is 11.4. The highest BCUT2D eigenvalue weighted by atomic mass is 16.6. The van der Waals surface area contributed by atoms with Gasteiger partial charge in [0.25, 0.3) is 5.69 Å². The second-order valence-corrected chi connectivity index (χ2v) is 9.82. The highest BCUT2D eigenvalue weighted by Gasteiger charge is 2.09. The molecule has 0 aromatic heterocycles. The van der Waals surface area contributed by atoms with E-state index in [1.165, 1.54) is 18.2 Å². The van der Waals surface area contributed by atoms with Gasteiger partial charge in [-0.1, -0.05) is 24.8 Å². The summed E-state index contributed by atoms with van der Waals surface area (Å²) in [7, 11) is 2.06. The average Bonchev–Trinajstić information content (AvgIpc) is 2.98. The van der Waals surface area contributed by atoms with Crippen LogP contribution in [0.15, 0.2) is 83.0 Å². The molecule has 9 nitrogen and oxygen atoms in total. The number of nitro benzene ring substituents is 1. The van der Waals surface area contributed by atoms with Gasteiger partial charge in [-0.05, 0) is 87.2 Å². The van der Waals surface area contributed by atoms with Crippen LogP contribution in [0.3, 0.4) is 0 Å². The lowest BCUT2D eigenvalue weighted by molar-refractivity contribution is -0.384. The van der Waals surface area contributed by atoms with Gasteiger partial charge in [0.05, 0.1) is 28.5 Å². The summed E-state index contributed by atoms with van der Waals surface area (Å²) in [5, 5.41) is 29.0. The number of esters is 1. The van der Waals surface area contributed by atoms with Gasteiger partial charge in [-0.3, -0.25) is 10.1 Å². The smallest absolute Gasteiger partial charge is 0.333 e. The monoisotopic (exact) mass is 563 g/mol. The number of ether oxygens (including phenoxy) is 1. The van der Waals surface area contributed by atoms with Gasteiger partial charge in [0, 0.05) is 48.1 Å². The number of nitro groups is 1. The highest BCUT2D eigenvalue weighted by molar-refractivity contribution is 5.86. The van der Waals surface area contributed by atoms with Crippen LogP contribution in [-0.4, -0.2) is 31.1 Å². The van der Waals surface area contributed by atoms with Crippen LogP contribution in [0.1, 0.15) is 54.9 Å². The molecule has 0 aliphatic rings. The summed E-state index contributed by atoms with van der Waals surface area (Å²) < 4.78 is 5.12. The number of nitrogens with zero attached hydrogens (tertiary/aromatic N) is 5. The van der Waals surface area contributed by atoms with Crippen LogP contribution in [0.4, 0.5) is 22.7 Å². The van der Waals surface area contributed by atoms with E-state index < -0.39 is 4.92 Å². The van der Waals surface area contributed by atoms with E-state index in [-0.39, 0.29) is 17.2 Å². The first-order valence-corrected chi connectivity index (χ1v) is 13.5. The minimum Gasteiger partial charge on any atom is -0.462 e. The lowest BCUT2D eigenvalue weighted by atomic mass is 10.1. The van der Waals surface area contributed by atoms with Gasteiger partial charge in [-0.15, -0.1) is 0 Å². The van der Waals surface area contributed by atoms with Gasteiger partial charge in [-0.2, -0.15) is 15.5 Å². The molecule has 0 bridgehead atoms. The van der Waals surface area contributed by atoms with Gasteiger partial charge in [0.1, 0.15) is 6.07 Å². The molecule has 0 atom stereocenters. The van der Waals surface area contributed by atoms with Crippen molar-refractivity contribution in [3.8, 4) is 17.9 Å². The van der Waals surface area contributed by atoms with Crippen molar-refractivity contribution in [3.63, 3.8) is 0 Å². The van der Waals surface area contributed by atoms with Crippen LogP contribution in [0, 0.1) is 40.2 Å². The molecule has 9 heteroatoms. The Morgan fingerprint density at radius 2 is 1.60 bits per heavy atom. The Morgan fingerprint density at radius 1 is 0.952 bits per heavy atom. The van der Waals surface area contributed by atoms with Crippen LogP contribution in [0.2, 0.25) is 0 Å². The van der Waals surface area contributed by atoms with Crippen molar-refractivity contribution in [2.45, 2.75) is 39.5 Å². The van der Waals surface area contributed by atoms with E-state index in [1.807, 2.05) is 55.5 Å². The topological polar surface area (TPSA) is 121 Å². The molecule has 3 aromatic carbocycles. The van der Waals surface area contributed by atoms with Crippen LogP contribution < -0.4 is 4.90 Å². The Hall–Kier alpha value is -5.28. The fourth-order valence-electron chi connectivity index (χ4n) is 3.94. The van der Waals surface area contributed by atoms with E-state index >= 15 is 0 Å². The van der Waals surface area contributed by atoms with Crippen LogP contribution >= 0.6 is 0 Å². The lowest BCUT2D eigenvalue weighted by Crippen LogP contribution is -2.18. The molecule has 0 saturated heterocycles. The first kappa shape index (κ1) is 31.3. The zero-order valence-electron chi connectivity index (χ0n) is 24.1. The number of non-ortho nitro benzene ring substituents is 1. The predicted molar refractivity (Wildman–Crippen MR) is 163 cm³/mol. The molecule has 42 heavy (non-hydrogen) atoms. The van der Waals surface area contributed by atoms with E-state index in [0.29, 0.717) is 23.4 Å². The SMILES string of the molecule is C=C(C)C(=O)OCCCCCCN(C)c1ccc(N=Nc2ccc(C#Cc3ccc([N+](=O)[O-])cc3C#N)c(C)c2)cc1. The van der Waals surface area contributed by atoms with Crippen molar-refractivity contribution in [1.82, 2.24) is 0 Å². The summed E-state index contributed by atoms with van der Waals surface area (Å²) in [5.74, 6) is 5.65. The van der Waals surface area contributed by atoms with Crippen molar-refractivity contribution >= 4 is 28.7 Å². The van der Waals surface area contributed by atoms with Gasteiger partial charge in [0.2, 0.25) is 0 Å². The number of aryl methyl sites for hydroxylation is 1. The fraction of sp³-hybridized carbons (Fsp3) is 0.273. The Balaban J connectivity index is 1.51. The number of anilines is 1. The van der Waals surface area contributed by atoms with Crippen molar-refractivity contribution in [3.05, 3.63) is 105 Å². The van der Waals surface area contributed by atoms with E-state index in [0.717, 1.165) is 54.7 Å². The molecule has 0 radical (unpaired) electrons. The van der Waals surface area contributed by atoms with Gasteiger partial charge in [-0.25, -0.2) is 4.79 Å². The molecule has 0 saturated carbocycles. The summed E-state index contributed by atoms with van der Waals surface area (Å²) in [6.07, 6.45) is 3.96. The van der Waals surface area contributed by atoms with E-state index in [4.69, 9.17) is 4.74 Å². The zero-order valence-corrected chi connectivity index (χ0v) is 24.1. The maximum atomic E-state index is 11.4. The van der Waals surface area contributed by atoms with Crippen LogP contribution in [0.5, 0.6) is 0 Å². The Bertz CT molecular complexity index is 1580.